The second-order valence-electron chi connectivity index (χ2n) is 8.05. The molecule has 10 heteroatoms. The average molecular weight is 384 g/mol. The zero-order valence-electron chi connectivity index (χ0n) is 17.5. The monoisotopic (exact) mass is 384 g/mol. The molecule has 10 nitrogen and oxygen atoms in total. The fourth-order valence-corrected chi connectivity index (χ4v) is 2.44. The summed E-state index contributed by atoms with van der Waals surface area (Å²) in [6, 6.07) is -0.658. The van der Waals surface area contributed by atoms with Crippen LogP contribution in [-0.4, -0.2) is 45.0 Å². The van der Waals surface area contributed by atoms with E-state index in [2.05, 4.69) is 26.4 Å². The highest BCUT2D eigenvalue weighted by Gasteiger charge is 2.36. The number of nitrogens with one attached hydrogen (secondary N) is 2. The molecule has 0 radical (unpaired) electrons. The standard InChI is InChI=1S/C17H32N6O4/c1-9-17(7,20-19-15(25)27-16(4,5)6)14-18-21-22-23(14)12(10-11(2)3)13(24)26-8/h11-12,20H,9-10H2,1-8H3,(H,19,25). The number of hydrogen-bond donors (Lipinski definition) is 2. The molecule has 0 aliphatic rings. The number of amides is 1. The van der Waals surface area contributed by atoms with Crippen molar-refractivity contribution in [1.29, 1.82) is 0 Å². The lowest BCUT2D eigenvalue weighted by Gasteiger charge is -2.30. The van der Waals surface area contributed by atoms with Gasteiger partial charge in [-0.15, -0.1) is 5.10 Å². The minimum absolute atomic E-state index is 0.229. The van der Waals surface area contributed by atoms with Gasteiger partial charge in [-0.25, -0.2) is 19.7 Å². The van der Waals surface area contributed by atoms with Crippen molar-refractivity contribution in [1.82, 2.24) is 31.1 Å². The maximum Gasteiger partial charge on any atom is 0.422 e. The highest BCUT2D eigenvalue weighted by molar-refractivity contribution is 5.74. The lowest BCUT2D eigenvalue weighted by Crippen LogP contribution is -2.53. The molecule has 1 aromatic heterocycles. The Morgan fingerprint density at radius 3 is 2.33 bits per heavy atom. The molecule has 2 unspecified atom stereocenters. The summed E-state index contributed by atoms with van der Waals surface area (Å²) >= 11 is 0. The van der Waals surface area contributed by atoms with Crippen LogP contribution in [0.25, 0.3) is 0 Å². The SMILES string of the molecule is CCC(C)(NNC(=O)OC(C)(C)C)c1nnnn1C(CC(C)C)C(=O)OC. The van der Waals surface area contributed by atoms with E-state index in [9.17, 15) is 9.59 Å². The number of rotatable bonds is 8. The topological polar surface area (TPSA) is 120 Å². The van der Waals surface area contributed by atoms with E-state index in [1.54, 1.807) is 20.8 Å². The molecule has 0 aromatic carbocycles. The molecule has 0 aliphatic heterocycles. The quantitative estimate of drug-likeness (QED) is 0.516. The largest absolute Gasteiger partial charge is 0.467 e. The molecular weight excluding hydrogens is 352 g/mol. The molecule has 154 valence electrons. The van der Waals surface area contributed by atoms with Crippen LogP contribution in [0.5, 0.6) is 0 Å². The lowest BCUT2D eigenvalue weighted by molar-refractivity contribution is -0.145. The summed E-state index contributed by atoms with van der Waals surface area (Å²) in [7, 11) is 1.33. The number of carbonyl (C=O) groups is 2. The van der Waals surface area contributed by atoms with Gasteiger partial charge in [-0.2, -0.15) is 0 Å². The Bertz CT molecular complexity index is 640. The third-order valence-electron chi connectivity index (χ3n) is 4.00. The maximum atomic E-state index is 12.3. The van der Waals surface area contributed by atoms with E-state index in [1.807, 2.05) is 27.7 Å². The van der Waals surface area contributed by atoms with Crippen LogP contribution in [0.2, 0.25) is 0 Å². The van der Waals surface area contributed by atoms with Crippen molar-refractivity contribution in [3.63, 3.8) is 0 Å². The number of hydrogen-bond acceptors (Lipinski definition) is 8. The third kappa shape index (κ3) is 6.46. The van der Waals surface area contributed by atoms with Crippen LogP contribution in [0.3, 0.4) is 0 Å². The van der Waals surface area contributed by atoms with Gasteiger partial charge in [0.2, 0.25) is 0 Å². The minimum atomic E-state index is -0.830. The highest BCUT2D eigenvalue weighted by atomic mass is 16.6. The first-order chi connectivity index (χ1) is 12.4. The van der Waals surface area contributed by atoms with Gasteiger partial charge >= 0.3 is 12.1 Å². The molecule has 1 amide bonds. The van der Waals surface area contributed by atoms with Crippen LogP contribution < -0.4 is 10.9 Å². The van der Waals surface area contributed by atoms with E-state index in [-0.39, 0.29) is 5.92 Å². The van der Waals surface area contributed by atoms with Crippen LogP contribution in [0.1, 0.15) is 73.2 Å². The van der Waals surface area contributed by atoms with Gasteiger partial charge in [0.1, 0.15) is 5.60 Å². The molecule has 1 aromatic rings. The number of carbonyl (C=O) groups excluding carboxylic acids is 2. The Morgan fingerprint density at radius 2 is 1.85 bits per heavy atom. The normalized spacial score (nSPS) is 15.1. The third-order valence-corrected chi connectivity index (χ3v) is 4.00. The van der Waals surface area contributed by atoms with Crippen LogP contribution >= 0.6 is 0 Å². The predicted octanol–water partition coefficient (Wildman–Crippen LogP) is 2.09. The fraction of sp³-hybridized carbons (Fsp3) is 0.824. The van der Waals surface area contributed by atoms with E-state index < -0.39 is 29.2 Å². The van der Waals surface area contributed by atoms with E-state index in [1.165, 1.54) is 11.8 Å². The summed E-state index contributed by atoms with van der Waals surface area (Å²) in [5.74, 6) is 0.222. The first kappa shape index (κ1) is 22.8. The Kier molecular flexibility index (Phi) is 7.70. The van der Waals surface area contributed by atoms with E-state index in [4.69, 9.17) is 9.47 Å². The van der Waals surface area contributed by atoms with Crippen molar-refractivity contribution in [2.45, 2.75) is 78.5 Å². The number of tetrazole rings is 1. The van der Waals surface area contributed by atoms with Crippen molar-refractivity contribution in [2.75, 3.05) is 7.11 Å². The smallest absolute Gasteiger partial charge is 0.422 e. The summed E-state index contributed by atoms with van der Waals surface area (Å²) in [6.07, 6.45) is 0.441. The summed E-state index contributed by atoms with van der Waals surface area (Å²) in [6.45, 7) is 13.1. The molecular formula is C17H32N6O4. The minimum Gasteiger partial charge on any atom is -0.467 e. The van der Waals surface area contributed by atoms with Crippen LogP contribution in [0.4, 0.5) is 4.79 Å². The van der Waals surface area contributed by atoms with E-state index in [0.29, 0.717) is 18.7 Å². The summed E-state index contributed by atoms with van der Waals surface area (Å²) in [4.78, 5) is 24.3. The van der Waals surface area contributed by atoms with Gasteiger partial charge in [-0.3, -0.25) is 5.43 Å². The molecule has 1 rings (SSSR count). The Morgan fingerprint density at radius 1 is 1.22 bits per heavy atom. The number of aromatic nitrogens is 4. The van der Waals surface area contributed by atoms with E-state index in [0.717, 1.165) is 0 Å². The van der Waals surface area contributed by atoms with Crippen molar-refractivity contribution in [3.05, 3.63) is 5.82 Å². The Balaban J connectivity index is 3.09. The Hall–Kier alpha value is -2.23. The van der Waals surface area contributed by atoms with Gasteiger partial charge in [0, 0.05) is 0 Å². The second kappa shape index (κ2) is 9.12. The zero-order chi connectivity index (χ0) is 20.8. The van der Waals surface area contributed by atoms with Gasteiger partial charge in [0.25, 0.3) is 0 Å². The predicted molar refractivity (Wildman–Crippen MR) is 98.5 cm³/mol. The molecule has 1 heterocycles. The van der Waals surface area contributed by atoms with Gasteiger partial charge in [-0.1, -0.05) is 20.8 Å². The van der Waals surface area contributed by atoms with Crippen molar-refractivity contribution in [3.8, 4) is 0 Å². The number of nitrogens with zero attached hydrogens (tertiary/aromatic N) is 4. The van der Waals surface area contributed by atoms with E-state index >= 15 is 0 Å². The zero-order valence-corrected chi connectivity index (χ0v) is 17.5. The fourth-order valence-electron chi connectivity index (χ4n) is 2.44. The molecule has 0 saturated carbocycles. The van der Waals surface area contributed by atoms with Crippen molar-refractivity contribution in [2.24, 2.45) is 5.92 Å². The van der Waals surface area contributed by atoms with Gasteiger partial charge in [0.15, 0.2) is 11.9 Å². The molecule has 2 atom stereocenters. The van der Waals surface area contributed by atoms with Crippen LogP contribution in [0.15, 0.2) is 0 Å². The second-order valence-corrected chi connectivity index (χ2v) is 8.05. The Labute approximate surface area is 160 Å². The number of methoxy groups -OCH3 is 1. The molecule has 0 bridgehead atoms. The van der Waals surface area contributed by atoms with Gasteiger partial charge < -0.3 is 9.47 Å². The maximum absolute atomic E-state index is 12.3. The molecule has 0 saturated heterocycles. The molecule has 2 N–H and O–H groups in total. The first-order valence-electron chi connectivity index (χ1n) is 9.05. The number of hydrazine groups is 1. The average Bonchev–Trinajstić information content (AvgIpc) is 3.05. The van der Waals surface area contributed by atoms with Gasteiger partial charge in [0.05, 0.1) is 12.6 Å². The molecule has 0 aliphatic carbocycles. The molecule has 0 spiro atoms. The molecule has 27 heavy (non-hydrogen) atoms. The highest BCUT2D eigenvalue weighted by Crippen LogP contribution is 2.26. The summed E-state index contributed by atoms with van der Waals surface area (Å²) in [5, 5.41) is 11.8. The van der Waals surface area contributed by atoms with Crippen molar-refractivity contribution >= 4 is 12.1 Å². The van der Waals surface area contributed by atoms with Crippen molar-refractivity contribution < 1.29 is 19.1 Å². The molecule has 0 fully saturated rings. The van der Waals surface area contributed by atoms with Crippen LogP contribution in [0, 0.1) is 5.92 Å². The summed E-state index contributed by atoms with van der Waals surface area (Å²) in [5.41, 5.74) is 4.02. The lowest BCUT2D eigenvalue weighted by atomic mass is 9.97. The summed E-state index contributed by atoms with van der Waals surface area (Å²) < 4.78 is 11.6. The van der Waals surface area contributed by atoms with Crippen LogP contribution in [-0.2, 0) is 19.8 Å². The number of ether oxygens (including phenoxy) is 2. The van der Waals surface area contributed by atoms with Gasteiger partial charge in [-0.05, 0) is 56.9 Å². The number of esters is 1. The first-order valence-corrected chi connectivity index (χ1v) is 9.05.